The van der Waals surface area contributed by atoms with Crippen molar-refractivity contribution in [3.05, 3.63) is 12.2 Å². The maximum atomic E-state index is 11.8. The highest BCUT2D eigenvalue weighted by Crippen LogP contribution is 2.01. The molecular formula is C12H17NO7. The predicted molar refractivity (Wildman–Crippen MR) is 65.5 cm³/mol. The minimum Gasteiger partial charge on any atom is -0.466 e. The van der Waals surface area contributed by atoms with Gasteiger partial charge in [-0.15, -0.1) is 0 Å². The number of nitrogens with zero attached hydrogens (tertiary/aromatic N) is 1. The average Bonchev–Trinajstić information content (AvgIpc) is 2.50. The smallest absolute Gasteiger partial charge is 0.331 e. The van der Waals surface area contributed by atoms with Crippen molar-refractivity contribution in [2.75, 3.05) is 40.0 Å². The molecule has 1 saturated heterocycles. The highest BCUT2D eigenvalue weighted by atomic mass is 16.5. The fourth-order valence-corrected chi connectivity index (χ4v) is 1.48. The molecule has 0 aromatic heterocycles. The highest BCUT2D eigenvalue weighted by Gasteiger charge is 2.24. The second-order valence-electron chi connectivity index (χ2n) is 3.94. The minimum atomic E-state index is -1.43. The number of methoxy groups -OCH3 is 1. The van der Waals surface area contributed by atoms with E-state index in [2.05, 4.69) is 9.47 Å². The Hall–Kier alpha value is -1.93. The molecule has 0 bridgehead atoms. The Morgan fingerprint density at radius 1 is 1.25 bits per heavy atom. The summed E-state index contributed by atoms with van der Waals surface area (Å²) in [5, 5.41) is 9.62. The zero-order valence-corrected chi connectivity index (χ0v) is 11.1. The van der Waals surface area contributed by atoms with Crippen molar-refractivity contribution < 1.29 is 33.7 Å². The number of hydrogen-bond donors (Lipinski definition) is 1. The fraction of sp³-hybridized carbons (Fsp3) is 0.583. The van der Waals surface area contributed by atoms with Crippen LogP contribution in [0.15, 0.2) is 12.2 Å². The number of ether oxygens (including phenoxy) is 3. The van der Waals surface area contributed by atoms with Gasteiger partial charge in [-0.3, -0.25) is 4.79 Å². The number of carbonyl (C=O) groups excluding carboxylic acids is 3. The van der Waals surface area contributed by atoms with E-state index in [9.17, 15) is 19.5 Å². The Kier molecular flexibility index (Phi) is 6.68. The van der Waals surface area contributed by atoms with Crippen LogP contribution in [-0.2, 0) is 28.6 Å². The molecule has 0 aromatic rings. The lowest BCUT2D eigenvalue weighted by Gasteiger charge is -2.28. The van der Waals surface area contributed by atoms with E-state index >= 15 is 0 Å². The van der Waals surface area contributed by atoms with E-state index in [0.29, 0.717) is 26.3 Å². The number of morpholine rings is 1. The van der Waals surface area contributed by atoms with E-state index in [1.165, 1.54) is 12.0 Å². The van der Waals surface area contributed by atoms with Crippen LogP contribution in [0.4, 0.5) is 0 Å². The maximum absolute atomic E-state index is 11.8. The lowest BCUT2D eigenvalue weighted by molar-refractivity contribution is -0.152. The molecule has 112 valence electrons. The molecule has 0 saturated carbocycles. The molecule has 0 aliphatic carbocycles. The Bertz CT molecular complexity index is 387. The van der Waals surface area contributed by atoms with Gasteiger partial charge in [0.25, 0.3) is 5.91 Å². The van der Waals surface area contributed by atoms with E-state index < -0.39 is 30.6 Å². The Morgan fingerprint density at radius 2 is 1.85 bits per heavy atom. The maximum Gasteiger partial charge on any atom is 0.331 e. The minimum absolute atomic E-state index is 0.395. The molecule has 8 nitrogen and oxygen atoms in total. The van der Waals surface area contributed by atoms with Crippen molar-refractivity contribution in [1.29, 1.82) is 0 Å². The highest BCUT2D eigenvalue weighted by molar-refractivity contribution is 5.91. The van der Waals surface area contributed by atoms with Crippen LogP contribution in [0.1, 0.15) is 0 Å². The van der Waals surface area contributed by atoms with E-state index in [-0.39, 0.29) is 0 Å². The monoisotopic (exact) mass is 287 g/mol. The van der Waals surface area contributed by atoms with Crippen LogP contribution in [0.3, 0.4) is 0 Å². The summed E-state index contributed by atoms with van der Waals surface area (Å²) >= 11 is 0. The van der Waals surface area contributed by atoms with Gasteiger partial charge in [-0.05, 0) is 0 Å². The number of esters is 2. The first kappa shape index (κ1) is 16.1. The van der Waals surface area contributed by atoms with Crippen LogP contribution in [0.2, 0.25) is 0 Å². The molecule has 1 fully saturated rings. The van der Waals surface area contributed by atoms with E-state index in [0.717, 1.165) is 12.2 Å². The lowest BCUT2D eigenvalue weighted by Crippen LogP contribution is -2.47. The van der Waals surface area contributed by atoms with Gasteiger partial charge in [-0.1, -0.05) is 0 Å². The van der Waals surface area contributed by atoms with Gasteiger partial charge in [0, 0.05) is 25.2 Å². The molecule has 8 heteroatoms. The van der Waals surface area contributed by atoms with E-state index in [4.69, 9.17) is 4.74 Å². The lowest BCUT2D eigenvalue weighted by atomic mass is 10.3. The summed E-state index contributed by atoms with van der Waals surface area (Å²) in [4.78, 5) is 35.1. The van der Waals surface area contributed by atoms with Crippen LogP contribution >= 0.6 is 0 Å². The zero-order valence-electron chi connectivity index (χ0n) is 11.1. The molecule has 1 rings (SSSR count). The molecule has 1 heterocycles. The van der Waals surface area contributed by atoms with Crippen molar-refractivity contribution in [1.82, 2.24) is 4.90 Å². The third-order valence-corrected chi connectivity index (χ3v) is 2.55. The number of carbonyl (C=O) groups is 3. The van der Waals surface area contributed by atoms with Crippen molar-refractivity contribution >= 4 is 17.8 Å². The summed E-state index contributed by atoms with van der Waals surface area (Å²) in [6.45, 7) is 1.15. The number of rotatable bonds is 5. The Labute approximate surface area is 115 Å². The molecule has 0 radical (unpaired) electrons. The normalized spacial score (nSPS) is 16.8. The standard InChI is InChI=1S/C12H17NO7/c1-18-10(15)2-3-11(16)20-8-9(14)12(17)13-4-6-19-7-5-13/h2-3,9,14H,4-8H2,1H3/b3-2+. The van der Waals surface area contributed by atoms with Gasteiger partial charge in [0.05, 0.1) is 20.3 Å². The van der Waals surface area contributed by atoms with Gasteiger partial charge in [0.2, 0.25) is 0 Å². The number of hydrogen-bond acceptors (Lipinski definition) is 7. The molecular weight excluding hydrogens is 270 g/mol. The first-order chi connectivity index (χ1) is 9.54. The van der Waals surface area contributed by atoms with E-state index in [1.807, 2.05) is 0 Å². The molecule has 1 amide bonds. The first-order valence-electron chi connectivity index (χ1n) is 6.02. The Morgan fingerprint density at radius 3 is 2.45 bits per heavy atom. The second-order valence-corrected chi connectivity index (χ2v) is 3.94. The van der Waals surface area contributed by atoms with Crippen LogP contribution in [0.5, 0.6) is 0 Å². The van der Waals surface area contributed by atoms with Crippen molar-refractivity contribution in [3.63, 3.8) is 0 Å². The first-order valence-corrected chi connectivity index (χ1v) is 6.02. The van der Waals surface area contributed by atoms with Crippen LogP contribution in [0.25, 0.3) is 0 Å². The molecule has 0 spiro atoms. The molecule has 1 atom stereocenters. The summed E-state index contributed by atoms with van der Waals surface area (Å²) in [5.41, 5.74) is 0. The fourth-order valence-electron chi connectivity index (χ4n) is 1.48. The number of aliphatic hydroxyl groups is 1. The van der Waals surface area contributed by atoms with Crippen molar-refractivity contribution in [2.24, 2.45) is 0 Å². The molecule has 1 unspecified atom stereocenters. The van der Waals surface area contributed by atoms with Crippen molar-refractivity contribution in [3.8, 4) is 0 Å². The third-order valence-electron chi connectivity index (χ3n) is 2.55. The van der Waals surface area contributed by atoms with Crippen LogP contribution < -0.4 is 0 Å². The van der Waals surface area contributed by atoms with E-state index in [1.54, 1.807) is 0 Å². The predicted octanol–water partition coefficient (Wildman–Crippen LogP) is -1.52. The van der Waals surface area contributed by atoms with Gasteiger partial charge in [0.15, 0.2) is 6.10 Å². The summed E-state index contributed by atoms with van der Waals surface area (Å²) in [5.74, 6) is -2.06. The third kappa shape index (κ3) is 5.37. The SMILES string of the molecule is COC(=O)/C=C/C(=O)OCC(O)C(=O)N1CCOCC1. The van der Waals surface area contributed by atoms with Gasteiger partial charge >= 0.3 is 11.9 Å². The number of amides is 1. The van der Waals surface area contributed by atoms with Crippen LogP contribution in [-0.4, -0.2) is 74.0 Å². The van der Waals surface area contributed by atoms with Gasteiger partial charge in [-0.25, -0.2) is 9.59 Å². The largest absolute Gasteiger partial charge is 0.466 e. The van der Waals surface area contributed by atoms with Crippen molar-refractivity contribution in [2.45, 2.75) is 6.10 Å². The molecule has 1 N–H and O–H groups in total. The topological polar surface area (TPSA) is 102 Å². The average molecular weight is 287 g/mol. The quantitative estimate of drug-likeness (QED) is 0.484. The summed E-state index contributed by atoms with van der Waals surface area (Å²) in [6, 6.07) is 0. The summed E-state index contributed by atoms with van der Waals surface area (Å²) in [7, 11) is 1.17. The Balaban J connectivity index is 2.32. The molecule has 0 aromatic carbocycles. The molecule has 1 aliphatic heterocycles. The molecule has 20 heavy (non-hydrogen) atoms. The summed E-state index contributed by atoms with van der Waals surface area (Å²) < 4.78 is 14.0. The van der Waals surface area contributed by atoms with Gasteiger partial charge in [0.1, 0.15) is 6.61 Å². The number of aliphatic hydroxyl groups excluding tert-OH is 1. The van der Waals surface area contributed by atoms with Gasteiger partial charge in [-0.2, -0.15) is 0 Å². The second kappa shape index (κ2) is 8.28. The molecule has 1 aliphatic rings. The van der Waals surface area contributed by atoms with Gasteiger partial charge < -0.3 is 24.2 Å². The zero-order chi connectivity index (χ0) is 15.0. The van der Waals surface area contributed by atoms with Crippen LogP contribution in [0, 0.1) is 0 Å². The summed E-state index contributed by atoms with van der Waals surface area (Å²) in [6.07, 6.45) is 0.319.